The summed E-state index contributed by atoms with van der Waals surface area (Å²) in [5.41, 5.74) is 0.645. The van der Waals surface area contributed by atoms with Crippen LogP contribution >= 0.6 is 11.6 Å². The first-order valence-electron chi connectivity index (χ1n) is 5.31. The molecule has 0 amide bonds. The lowest BCUT2D eigenvalue weighted by Gasteiger charge is -2.10. The predicted molar refractivity (Wildman–Crippen MR) is 66.1 cm³/mol. The van der Waals surface area contributed by atoms with Crippen LogP contribution in [0.4, 0.5) is 24.7 Å². The third-order valence-corrected chi connectivity index (χ3v) is 2.78. The van der Waals surface area contributed by atoms with Crippen LogP contribution in [0.5, 0.6) is 0 Å². The third kappa shape index (κ3) is 2.78. The van der Waals surface area contributed by atoms with Gasteiger partial charge in [-0.2, -0.15) is 0 Å². The van der Waals surface area contributed by atoms with Gasteiger partial charge in [-0.25, -0.2) is 23.1 Å². The van der Waals surface area contributed by atoms with Gasteiger partial charge in [-0.1, -0.05) is 11.6 Å². The minimum Gasteiger partial charge on any atom is -0.333 e. The molecule has 0 fully saturated rings. The van der Waals surface area contributed by atoms with Crippen LogP contribution in [-0.4, -0.2) is 9.97 Å². The molecular formula is C12H9ClF3N3. The van der Waals surface area contributed by atoms with Gasteiger partial charge in [0.05, 0.1) is 11.4 Å². The molecular weight excluding hydrogens is 279 g/mol. The molecule has 0 unspecified atom stereocenters. The molecule has 1 N–H and O–H groups in total. The standard InChI is InChI=1S/C12H9ClF3N3/c1-5-6(2)18-12(11(13)17-5)19-10-8(15)3-7(14)4-9(10)16/h3-4H,1-2H3,(H,18,19). The molecule has 0 saturated heterocycles. The van der Waals surface area contributed by atoms with Crippen LogP contribution in [0.2, 0.25) is 5.15 Å². The highest BCUT2D eigenvalue weighted by Gasteiger charge is 2.15. The van der Waals surface area contributed by atoms with Crippen molar-refractivity contribution in [3.05, 3.63) is 46.1 Å². The van der Waals surface area contributed by atoms with Gasteiger partial charge >= 0.3 is 0 Å². The summed E-state index contributed by atoms with van der Waals surface area (Å²) in [5, 5.41) is 2.36. The van der Waals surface area contributed by atoms with Crippen LogP contribution in [0.1, 0.15) is 11.4 Å². The smallest absolute Gasteiger partial charge is 0.172 e. The van der Waals surface area contributed by atoms with Crippen molar-refractivity contribution >= 4 is 23.1 Å². The maximum atomic E-state index is 13.5. The summed E-state index contributed by atoms with van der Waals surface area (Å²) in [6.07, 6.45) is 0. The van der Waals surface area contributed by atoms with Gasteiger partial charge in [-0.05, 0) is 13.8 Å². The number of nitrogens with one attached hydrogen (secondary N) is 1. The van der Waals surface area contributed by atoms with Crippen molar-refractivity contribution in [3.8, 4) is 0 Å². The van der Waals surface area contributed by atoms with E-state index in [-0.39, 0.29) is 11.0 Å². The Hall–Kier alpha value is -1.82. The number of nitrogens with zero attached hydrogens (tertiary/aromatic N) is 2. The molecule has 7 heteroatoms. The zero-order valence-electron chi connectivity index (χ0n) is 10.1. The van der Waals surface area contributed by atoms with Crippen molar-refractivity contribution in [1.29, 1.82) is 0 Å². The van der Waals surface area contributed by atoms with Crippen LogP contribution in [0, 0.1) is 31.3 Å². The fourth-order valence-corrected chi connectivity index (χ4v) is 1.65. The number of benzene rings is 1. The lowest BCUT2D eigenvalue weighted by atomic mass is 10.2. The number of hydrogen-bond acceptors (Lipinski definition) is 3. The molecule has 100 valence electrons. The average molecular weight is 288 g/mol. The molecule has 0 saturated carbocycles. The number of halogens is 4. The van der Waals surface area contributed by atoms with Crippen molar-refractivity contribution in [2.75, 3.05) is 5.32 Å². The summed E-state index contributed by atoms with van der Waals surface area (Å²) in [5.74, 6) is -3.14. The van der Waals surface area contributed by atoms with E-state index in [1.807, 2.05) is 0 Å². The first kappa shape index (κ1) is 13.6. The summed E-state index contributed by atoms with van der Waals surface area (Å²) in [4.78, 5) is 8.01. The Bertz CT molecular complexity index is 623. The van der Waals surface area contributed by atoms with E-state index in [1.54, 1.807) is 13.8 Å². The lowest BCUT2D eigenvalue weighted by Crippen LogP contribution is -2.04. The Morgan fingerprint density at radius 2 is 1.53 bits per heavy atom. The summed E-state index contributed by atoms with van der Waals surface area (Å²) in [6, 6.07) is 1.13. The van der Waals surface area contributed by atoms with Crippen LogP contribution in [0.25, 0.3) is 0 Å². The van der Waals surface area contributed by atoms with Crippen LogP contribution in [0.3, 0.4) is 0 Å². The highest BCUT2D eigenvalue weighted by Crippen LogP contribution is 2.27. The van der Waals surface area contributed by atoms with Crippen molar-refractivity contribution in [1.82, 2.24) is 9.97 Å². The van der Waals surface area contributed by atoms with Crippen LogP contribution in [-0.2, 0) is 0 Å². The molecule has 2 rings (SSSR count). The monoisotopic (exact) mass is 287 g/mol. The van der Waals surface area contributed by atoms with E-state index in [2.05, 4.69) is 15.3 Å². The van der Waals surface area contributed by atoms with Crippen molar-refractivity contribution in [2.45, 2.75) is 13.8 Å². The number of aryl methyl sites for hydroxylation is 2. The predicted octanol–water partition coefficient (Wildman–Crippen LogP) is 3.91. The quantitative estimate of drug-likeness (QED) is 0.910. The van der Waals surface area contributed by atoms with Gasteiger partial charge in [0.1, 0.15) is 11.5 Å². The zero-order chi connectivity index (χ0) is 14.2. The fraction of sp³-hybridized carbons (Fsp3) is 0.167. The maximum absolute atomic E-state index is 13.5. The molecule has 0 spiro atoms. The second-order valence-electron chi connectivity index (χ2n) is 3.90. The van der Waals surface area contributed by atoms with Crippen molar-refractivity contribution < 1.29 is 13.2 Å². The second kappa shape index (κ2) is 5.05. The molecule has 1 aromatic heterocycles. The Morgan fingerprint density at radius 1 is 1.00 bits per heavy atom. The highest BCUT2D eigenvalue weighted by molar-refractivity contribution is 6.31. The van der Waals surface area contributed by atoms with E-state index in [1.165, 1.54) is 0 Å². The third-order valence-electron chi connectivity index (χ3n) is 2.51. The highest BCUT2D eigenvalue weighted by atomic mass is 35.5. The van der Waals surface area contributed by atoms with E-state index in [0.717, 1.165) is 0 Å². The maximum Gasteiger partial charge on any atom is 0.172 e. The number of aromatic nitrogens is 2. The summed E-state index contributed by atoms with van der Waals surface area (Å²) < 4.78 is 39.7. The largest absolute Gasteiger partial charge is 0.333 e. The Labute approximate surface area is 112 Å². The molecule has 0 aliphatic carbocycles. The fourth-order valence-electron chi connectivity index (χ4n) is 1.44. The Morgan fingerprint density at radius 3 is 2.11 bits per heavy atom. The molecule has 1 aromatic carbocycles. The van der Waals surface area contributed by atoms with Crippen LogP contribution in [0.15, 0.2) is 12.1 Å². The normalized spacial score (nSPS) is 10.6. The van der Waals surface area contributed by atoms with E-state index < -0.39 is 23.1 Å². The van der Waals surface area contributed by atoms with Gasteiger partial charge in [0.15, 0.2) is 22.6 Å². The van der Waals surface area contributed by atoms with Crippen molar-refractivity contribution in [3.63, 3.8) is 0 Å². The minimum atomic E-state index is -1.08. The number of hydrogen-bond donors (Lipinski definition) is 1. The van der Waals surface area contributed by atoms with Crippen LogP contribution < -0.4 is 5.32 Å². The van der Waals surface area contributed by atoms with Gasteiger partial charge in [0.25, 0.3) is 0 Å². The molecule has 1 heterocycles. The Balaban J connectivity index is 2.45. The SMILES string of the molecule is Cc1nc(Cl)c(Nc2c(F)cc(F)cc2F)nc1C. The average Bonchev–Trinajstić information content (AvgIpc) is 2.29. The van der Waals surface area contributed by atoms with Gasteiger partial charge < -0.3 is 5.32 Å². The molecule has 2 aromatic rings. The molecule has 0 bridgehead atoms. The zero-order valence-corrected chi connectivity index (χ0v) is 10.8. The Kier molecular flexibility index (Phi) is 3.61. The second-order valence-corrected chi connectivity index (χ2v) is 4.26. The lowest BCUT2D eigenvalue weighted by molar-refractivity contribution is 0.548. The molecule has 3 nitrogen and oxygen atoms in total. The topological polar surface area (TPSA) is 37.8 Å². The van der Waals surface area contributed by atoms with Crippen molar-refractivity contribution in [2.24, 2.45) is 0 Å². The van der Waals surface area contributed by atoms with E-state index in [9.17, 15) is 13.2 Å². The number of anilines is 2. The van der Waals surface area contributed by atoms with E-state index >= 15 is 0 Å². The number of rotatable bonds is 2. The summed E-state index contributed by atoms with van der Waals surface area (Å²) in [7, 11) is 0. The molecule has 0 aliphatic heterocycles. The molecule has 0 aliphatic rings. The van der Waals surface area contributed by atoms with E-state index in [4.69, 9.17) is 11.6 Å². The first-order valence-corrected chi connectivity index (χ1v) is 5.68. The molecule has 0 atom stereocenters. The van der Waals surface area contributed by atoms with E-state index in [0.29, 0.717) is 23.5 Å². The summed E-state index contributed by atoms with van der Waals surface area (Å²) >= 11 is 5.83. The van der Waals surface area contributed by atoms with Gasteiger partial charge in [-0.15, -0.1) is 0 Å². The summed E-state index contributed by atoms with van der Waals surface area (Å²) in [6.45, 7) is 3.39. The van der Waals surface area contributed by atoms with Gasteiger partial charge in [0, 0.05) is 12.1 Å². The van der Waals surface area contributed by atoms with Gasteiger partial charge in [-0.3, -0.25) is 0 Å². The molecule has 0 radical (unpaired) electrons. The first-order chi connectivity index (χ1) is 8.88. The van der Waals surface area contributed by atoms with Gasteiger partial charge in [0.2, 0.25) is 0 Å². The molecule has 19 heavy (non-hydrogen) atoms. The minimum absolute atomic E-state index is 0.00850.